The van der Waals surface area contributed by atoms with Gasteiger partial charge in [0, 0.05) is 15.7 Å². The molecule has 4 aromatic rings. The van der Waals surface area contributed by atoms with Crippen LogP contribution in [0.5, 0.6) is 5.75 Å². The van der Waals surface area contributed by atoms with Gasteiger partial charge < -0.3 is 5.11 Å². The van der Waals surface area contributed by atoms with E-state index in [0.717, 1.165) is 9.13 Å². The van der Waals surface area contributed by atoms with Gasteiger partial charge in [-0.3, -0.25) is 19.5 Å². The van der Waals surface area contributed by atoms with Crippen molar-refractivity contribution in [3.8, 4) is 11.4 Å². The maximum Gasteiger partial charge on any atom is 0.269 e. The maximum atomic E-state index is 13.3. The molecule has 0 aliphatic rings. The zero-order valence-electron chi connectivity index (χ0n) is 15.4. The van der Waals surface area contributed by atoms with Crippen LogP contribution in [-0.4, -0.2) is 19.6 Å². The smallest absolute Gasteiger partial charge is 0.269 e. The molecule has 0 saturated heterocycles. The normalized spacial score (nSPS) is 11.2. The molecule has 0 aliphatic carbocycles. The molecule has 8 heteroatoms. The lowest BCUT2D eigenvalue weighted by atomic mass is 10.2. The van der Waals surface area contributed by atoms with Gasteiger partial charge in [-0.25, -0.2) is 4.98 Å². The number of nitro groups is 1. The van der Waals surface area contributed by atoms with E-state index in [2.05, 4.69) is 27.6 Å². The second-order valence-electron chi connectivity index (χ2n) is 6.47. The number of non-ortho nitro benzene ring substituents is 1. The van der Waals surface area contributed by atoms with Crippen molar-refractivity contribution in [3.05, 3.63) is 102 Å². The summed E-state index contributed by atoms with van der Waals surface area (Å²) in [6.07, 6.45) is 3.48. The van der Waals surface area contributed by atoms with Crippen molar-refractivity contribution in [2.24, 2.45) is 0 Å². The highest BCUT2D eigenvalue weighted by Crippen LogP contribution is 2.20. The van der Waals surface area contributed by atoms with Crippen LogP contribution in [0, 0.1) is 13.7 Å². The summed E-state index contributed by atoms with van der Waals surface area (Å²) >= 11 is 2.13. The lowest BCUT2D eigenvalue weighted by Gasteiger charge is -2.11. The third kappa shape index (κ3) is 3.94. The van der Waals surface area contributed by atoms with Crippen LogP contribution in [0.3, 0.4) is 0 Å². The number of nitro benzene ring substituents is 1. The highest BCUT2D eigenvalue weighted by Gasteiger charge is 2.13. The first-order valence-corrected chi connectivity index (χ1v) is 9.94. The van der Waals surface area contributed by atoms with E-state index in [4.69, 9.17) is 0 Å². The van der Waals surface area contributed by atoms with Gasteiger partial charge in [-0.2, -0.15) is 0 Å². The average molecular weight is 511 g/mol. The van der Waals surface area contributed by atoms with Gasteiger partial charge >= 0.3 is 0 Å². The summed E-state index contributed by atoms with van der Waals surface area (Å²) in [7, 11) is 0. The third-order valence-electron chi connectivity index (χ3n) is 4.49. The summed E-state index contributed by atoms with van der Waals surface area (Å²) in [5.41, 5.74) is 1.53. The second kappa shape index (κ2) is 8.07. The second-order valence-corrected chi connectivity index (χ2v) is 7.72. The van der Waals surface area contributed by atoms with Crippen molar-refractivity contribution in [3.63, 3.8) is 0 Å². The Bertz CT molecular complexity index is 1340. The molecular formula is C22H14IN3O4. The molecule has 1 N–H and O–H groups in total. The van der Waals surface area contributed by atoms with E-state index in [9.17, 15) is 20.0 Å². The summed E-state index contributed by atoms with van der Waals surface area (Å²) < 4.78 is 2.33. The Labute approximate surface area is 184 Å². The summed E-state index contributed by atoms with van der Waals surface area (Å²) in [6.45, 7) is 0. The van der Waals surface area contributed by atoms with Crippen LogP contribution in [0.4, 0.5) is 5.69 Å². The lowest BCUT2D eigenvalue weighted by molar-refractivity contribution is -0.384. The van der Waals surface area contributed by atoms with E-state index >= 15 is 0 Å². The molecule has 0 aliphatic heterocycles. The van der Waals surface area contributed by atoms with Crippen LogP contribution >= 0.6 is 22.6 Å². The predicted octanol–water partition coefficient (Wildman–Crippen LogP) is 4.77. The Balaban J connectivity index is 1.92. The van der Waals surface area contributed by atoms with Crippen LogP contribution in [-0.2, 0) is 0 Å². The highest BCUT2D eigenvalue weighted by atomic mass is 127. The Kier molecular flexibility index (Phi) is 5.32. The van der Waals surface area contributed by atoms with Crippen molar-refractivity contribution in [2.75, 3.05) is 0 Å². The van der Waals surface area contributed by atoms with E-state index in [1.54, 1.807) is 48.6 Å². The highest BCUT2D eigenvalue weighted by molar-refractivity contribution is 14.1. The number of fused-ring (bicyclic) bond motifs is 1. The minimum atomic E-state index is -0.487. The van der Waals surface area contributed by atoms with E-state index in [1.165, 1.54) is 28.8 Å². The van der Waals surface area contributed by atoms with Gasteiger partial charge in [0.2, 0.25) is 0 Å². The number of nitrogens with zero attached hydrogens (tertiary/aromatic N) is 3. The first-order valence-electron chi connectivity index (χ1n) is 8.86. The van der Waals surface area contributed by atoms with Crippen molar-refractivity contribution >= 4 is 51.3 Å². The van der Waals surface area contributed by atoms with E-state index in [1.807, 2.05) is 6.07 Å². The molecule has 1 aromatic heterocycles. The average Bonchev–Trinajstić information content (AvgIpc) is 2.74. The fraction of sp³-hybridized carbons (Fsp3) is 0. The number of hydrogen-bond donors (Lipinski definition) is 1. The molecule has 0 spiro atoms. The summed E-state index contributed by atoms with van der Waals surface area (Å²) in [5.74, 6) is 0.545. The number of phenols is 1. The lowest BCUT2D eigenvalue weighted by Crippen LogP contribution is -2.22. The zero-order chi connectivity index (χ0) is 21.3. The molecule has 0 fully saturated rings. The molecule has 0 atom stereocenters. The minimum Gasteiger partial charge on any atom is -0.508 e. The van der Waals surface area contributed by atoms with Crippen LogP contribution in [0.2, 0.25) is 0 Å². The summed E-state index contributed by atoms with van der Waals surface area (Å²) in [6, 6.07) is 17.8. The van der Waals surface area contributed by atoms with E-state index in [-0.39, 0.29) is 17.0 Å². The predicted molar refractivity (Wildman–Crippen MR) is 124 cm³/mol. The Morgan fingerprint density at radius 3 is 2.37 bits per heavy atom. The number of halogens is 1. The quantitative estimate of drug-likeness (QED) is 0.242. The van der Waals surface area contributed by atoms with Crippen molar-refractivity contribution in [1.82, 2.24) is 9.55 Å². The van der Waals surface area contributed by atoms with Crippen molar-refractivity contribution in [1.29, 1.82) is 0 Å². The first-order chi connectivity index (χ1) is 14.4. The fourth-order valence-corrected chi connectivity index (χ4v) is 3.51. The fourth-order valence-electron chi connectivity index (χ4n) is 3.02. The Morgan fingerprint density at radius 1 is 1.00 bits per heavy atom. The molecule has 4 rings (SSSR count). The minimum absolute atomic E-state index is 0.0590. The molecule has 7 nitrogen and oxygen atoms in total. The molecular weight excluding hydrogens is 497 g/mol. The summed E-state index contributed by atoms with van der Waals surface area (Å²) in [4.78, 5) is 28.4. The molecule has 30 heavy (non-hydrogen) atoms. The number of rotatable bonds is 4. The van der Waals surface area contributed by atoms with Crippen LogP contribution in [0.1, 0.15) is 11.4 Å². The Hall–Kier alpha value is -3.53. The SMILES string of the molecule is O=c1c2cc(I)ccc2nc(/C=C/c2ccc(O)cc2)n1-c1ccc([N+](=O)[O-])cc1. The molecule has 3 aromatic carbocycles. The van der Waals surface area contributed by atoms with Gasteiger partial charge in [0.05, 0.1) is 21.5 Å². The topological polar surface area (TPSA) is 98.3 Å². The third-order valence-corrected chi connectivity index (χ3v) is 5.16. The molecule has 0 amide bonds. The Morgan fingerprint density at radius 2 is 1.70 bits per heavy atom. The van der Waals surface area contributed by atoms with Crippen LogP contribution < -0.4 is 5.56 Å². The molecule has 148 valence electrons. The molecule has 0 unspecified atom stereocenters. The van der Waals surface area contributed by atoms with E-state index < -0.39 is 4.92 Å². The summed E-state index contributed by atoms with van der Waals surface area (Å²) in [5, 5.41) is 20.9. The number of aromatic nitrogens is 2. The van der Waals surface area contributed by atoms with Gasteiger partial charge in [-0.15, -0.1) is 0 Å². The standard InChI is InChI=1S/C22H14IN3O4/c23-15-4-11-20-19(13-15)22(28)25(16-5-7-17(8-6-16)26(29)30)21(24-20)12-3-14-1-9-18(27)10-2-14/h1-13,27H/b12-3+. The van der Waals surface area contributed by atoms with Crippen molar-refractivity contribution in [2.45, 2.75) is 0 Å². The van der Waals surface area contributed by atoms with Gasteiger partial charge in [0.25, 0.3) is 11.2 Å². The van der Waals surface area contributed by atoms with Crippen molar-refractivity contribution < 1.29 is 10.0 Å². The number of phenolic OH excluding ortho intramolecular Hbond substituents is 1. The molecule has 0 bridgehead atoms. The number of hydrogen-bond acceptors (Lipinski definition) is 5. The van der Waals surface area contributed by atoms with E-state index in [0.29, 0.717) is 22.4 Å². The van der Waals surface area contributed by atoms with Gasteiger partial charge in [-0.1, -0.05) is 18.2 Å². The molecule has 0 saturated carbocycles. The van der Waals surface area contributed by atoms with Crippen LogP contribution in [0.25, 0.3) is 28.7 Å². The first kappa shape index (κ1) is 19.8. The number of benzene rings is 3. The molecule has 0 radical (unpaired) electrons. The van der Waals surface area contributed by atoms with Gasteiger partial charge in [0.15, 0.2) is 0 Å². The number of aromatic hydroxyl groups is 1. The van der Waals surface area contributed by atoms with Crippen LogP contribution in [0.15, 0.2) is 71.5 Å². The molecule has 1 heterocycles. The maximum absolute atomic E-state index is 13.3. The monoisotopic (exact) mass is 511 g/mol. The zero-order valence-corrected chi connectivity index (χ0v) is 17.6. The largest absolute Gasteiger partial charge is 0.508 e. The van der Waals surface area contributed by atoms with Gasteiger partial charge in [-0.05, 0) is 76.7 Å². The van der Waals surface area contributed by atoms with Gasteiger partial charge in [0.1, 0.15) is 11.6 Å².